The molecule has 2 aromatic rings. The summed E-state index contributed by atoms with van der Waals surface area (Å²) in [6.45, 7) is 2.54. The third-order valence-corrected chi connectivity index (χ3v) is 3.71. The number of alkyl halides is 3. The number of fused-ring (bicyclic) bond motifs is 1. The van der Waals surface area contributed by atoms with Crippen molar-refractivity contribution in [3.05, 3.63) is 35.4 Å². The lowest BCUT2D eigenvalue weighted by atomic mass is 10.1. The molecule has 0 spiro atoms. The van der Waals surface area contributed by atoms with Crippen molar-refractivity contribution in [3.63, 3.8) is 0 Å². The summed E-state index contributed by atoms with van der Waals surface area (Å²) in [7, 11) is 1.60. The molecular weight excluding hydrogens is 381 g/mol. The van der Waals surface area contributed by atoms with Crippen LogP contribution < -0.4 is 15.5 Å². The Morgan fingerprint density at radius 3 is 2.57 bits per heavy atom. The maximum atomic E-state index is 11.3. The number of hydrogen-bond donors (Lipinski definition) is 2. The molecule has 0 saturated carbocycles. The van der Waals surface area contributed by atoms with Gasteiger partial charge in [0.05, 0.1) is 29.6 Å². The van der Waals surface area contributed by atoms with Gasteiger partial charge in [-0.05, 0) is 38.4 Å². The van der Waals surface area contributed by atoms with E-state index in [1.165, 1.54) is 5.01 Å². The molecule has 154 valence electrons. The number of carbonyl (C=O) groups is 1. The van der Waals surface area contributed by atoms with Gasteiger partial charge in [0.15, 0.2) is 0 Å². The number of pyridine rings is 1. The van der Waals surface area contributed by atoms with Crippen LogP contribution >= 0.6 is 0 Å². The molecule has 1 unspecified atom stereocenters. The van der Waals surface area contributed by atoms with Gasteiger partial charge in [-0.25, -0.2) is 9.80 Å². The molecule has 0 aliphatic carbocycles. The second-order valence-corrected chi connectivity index (χ2v) is 5.73. The third-order valence-electron chi connectivity index (χ3n) is 3.71. The summed E-state index contributed by atoms with van der Waals surface area (Å²) in [6, 6.07) is 7.40. The molecule has 3 N–H and O–H groups in total. The molecular formula is C17H21F3N4O4. The maximum absolute atomic E-state index is 11.3. The van der Waals surface area contributed by atoms with Gasteiger partial charge in [0.25, 0.3) is 0 Å². The Labute approximate surface area is 159 Å². The van der Waals surface area contributed by atoms with Gasteiger partial charge in [-0.15, -0.1) is 4.91 Å². The van der Waals surface area contributed by atoms with Gasteiger partial charge in [0.2, 0.25) is 0 Å². The molecule has 0 aliphatic rings. The van der Waals surface area contributed by atoms with E-state index in [-0.39, 0.29) is 6.04 Å². The number of aliphatic carboxylic acids is 1. The van der Waals surface area contributed by atoms with Crippen LogP contribution in [0.2, 0.25) is 0 Å². The number of anilines is 1. The first-order valence-corrected chi connectivity index (χ1v) is 8.21. The number of ether oxygens (including phenoxy) is 1. The lowest BCUT2D eigenvalue weighted by Gasteiger charge is -2.24. The molecule has 0 radical (unpaired) electrons. The molecule has 0 aliphatic heterocycles. The fourth-order valence-electron chi connectivity index (χ4n) is 2.34. The highest BCUT2D eigenvalue weighted by molar-refractivity contribution is 5.92. The molecule has 1 heterocycles. The highest BCUT2D eigenvalue weighted by Gasteiger charge is 2.38. The van der Waals surface area contributed by atoms with Crippen molar-refractivity contribution in [2.75, 3.05) is 18.7 Å². The topological polar surface area (TPSA) is 118 Å². The van der Waals surface area contributed by atoms with Crippen LogP contribution in [0, 0.1) is 4.91 Å². The van der Waals surface area contributed by atoms with Gasteiger partial charge in [-0.3, -0.25) is 4.98 Å². The van der Waals surface area contributed by atoms with Crippen LogP contribution in [-0.4, -0.2) is 41.9 Å². The zero-order valence-corrected chi connectivity index (χ0v) is 15.3. The van der Waals surface area contributed by atoms with Crippen LogP contribution in [0.1, 0.15) is 19.8 Å². The fraction of sp³-hybridized carbons (Fsp3) is 0.412. The Morgan fingerprint density at radius 2 is 2.07 bits per heavy atom. The number of benzene rings is 1. The Balaban J connectivity index is 0.000000480. The van der Waals surface area contributed by atoms with Crippen LogP contribution in [0.5, 0.6) is 5.75 Å². The number of nitrogens with two attached hydrogens (primary N) is 1. The molecule has 0 saturated heterocycles. The molecule has 1 atom stereocenters. The lowest BCUT2D eigenvalue weighted by Crippen LogP contribution is -2.28. The third kappa shape index (κ3) is 6.34. The van der Waals surface area contributed by atoms with Crippen LogP contribution in [0.25, 0.3) is 10.9 Å². The molecule has 1 aromatic heterocycles. The van der Waals surface area contributed by atoms with Crippen LogP contribution in [0.3, 0.4) is 0 Å². The standard InChI is InChI=1S/C15H20N4O2.C2HF3O2/c1-11(5-3-7-16)19(18-20)14-10-13(21-2)9-12-6-4-8-17-15(12)14;3-2(4,5)1(6)7/h4,6,8-11H,3,5,7,16H2,1-2H3;(H,6,7). The second kappa shape index (κ2) is 10.4. The van der Waals surface area contributed by atoms with E-state index in [4.69, 9.17) is 20.4 Å². The van der Waals surface area contributed by atoms with E-state index < -0.39 is 12.1 Å². The molecule has 28 heavy (non-hydrogen) atoms. The van der Waals surface area contributed by atoms with E-state index in [1.54, 1.807) is 19.4 Å². The van der Waals surface area contributed by atoms with Crippen molar-refractivity contribution in [2.45, 2.75) is 32.0 Å². The number of hydrogen-bond acceptors (Lipinski definition) is 6. The van der Waals surface area contributed by atoms with Crippen molar-refractivity contribution in [2.24, 2.45) is 11.0 Å². The normalized spacial score (nSPS) is 11.9. The van der Waals surface area contributed by atoms with Crippen molar-refractivity contribution in [1.29, 1.82) is 0 Å². The summed E-state index contributed by atoms with van der Waals surface area (Å²) >= 11 is 0. The van der Waals surface area contributed by atoms with Crippen LogP contribution in [0.4, 0.5) is 18.9 Å². The number of rotatable bonds is 7. The zero-order valence-electron chi connectivity index (χ0n) is 15.3. The molecule has 2 rings (SSSR count). The summed E-state index contributed by atoms with van der Waals surface area (Å²) in [5, 5.41) is 12.7. The van der Waals surface area contributed by atoms with Crippen molar-refractivity contribution >= 4 is 22.6 Å². The van der Waals surface area contributed by atoms with Gasteiger partial charge >= 0.3 is 12.1 Å². The van der Waals surface area contributed by atoms with E-state index in [0.29, 0.717) is 18.0 Å². The molecule has 0 bridgehead atoms. The molecule has 8 nitrogen and oxygen atoms in total. The van der Waals surface area contributed by atoms with E-state index in [9.17, 15) is 18.1 Å². The fourth-order valence-corrected chi connectivity index (χ4v) is 2.34. The van der Waals surface area contributed by atoms with E-state index in [0.717, 1.165) is 23.7 Å². The number of methoxy groups -OCH3 is 1. The minimum atomic E-state index is -5.08. The number of carboxylic acids is 1. The predicted molar refractivity (Wildman–Crippen MR) is 98.0 cm³/mol. The smallest absolute Gasteiger partial charge is 0.490 e. The first kappa shape index (κ1) is 23.1. The molecule has 0 fully saturated rings. The van der Waals surface area contributed by atoms with Gasteiger partial charge in [0.1, 0.15) is 5.75 Å². The quantitative estimate of drug-likeness (QED) is 0.537. The van der Waals surface area contributed by atoms with Gasteiger partial charge in [-0.1, -0.05) is 6.07 Å². The van der Waals surface area contributed by atoms with E-state index >= 15 is 0 Å². The molecule has 11 heteroatoms. The average molecular weight is 402 g/mol. The van der Waals surface area contributed by atoms with Gasteiger partial charge in [-0.2, -0.15) is 13.2 Å². The van der Waals surface area contributed by atoms with Crippen molar-refractivity contribution < 1.29 is 27.8 Å². The number of nitroso groups, excluding NO2 is 1. The largest absolute Gasteiger partial charge is 0.497 e. The highest BCUT2D eigenvalue weighted by Crippen LogP contribution is 2.32. The van der Waals surface area contributed by atoms with E-state index in [2.05, 4.69) is 10.3 Å². The first-order valence-electron chi connectivity index (χ1n) is 8.21. The Hall–Kier alpha value is -2.95. The second-order valence-electron chi connectivity index (χ2n) is 5.73. The monoisotopic (exact) mass is 402 g/mol. The summed E-state index contributed by atoms with van der Waals surface area (Å²) in [4.78, 5) is 24.6. The predicted octanol–water partition coefficient (Wildman–Crippen LogP) is 3.49. The Morgan fingerprint density at radius 1 is 1.43 bits per heavy atom. The Bertz CT molecular complexity index is 802. The number of aromatic nitrogens is 1. The zero-order chi connectivity index (χ0) is 21.3. The highest BCUT2D eigenvalue weighted by atomic mass is 19.4. The SMILES string of the molecule is COc1cc(N(N=O)C(C)CCCN)c2ncccc2c1.O=C(O)C(F)(F)F. The minimum absolute atomic E-state index is 0.0524. The minimum Gasteiger partial charge on any atom is -0.497 e. The maximum Gasteiger partial charge on any atom is 0.490 e. The van der Waals surface area contributed by atoms with E-state index in [1.807, 2.05) is 25.1 Å². The Kier molecular flexibility index (Phi) is 8.58. The molecule has 0 amide bonds. The number of nitrogens with zero attached hydrogens (tertiary/aromatic N) is 3. The number of halogens is 3. The summed E-state index contributed by atoms with van der Waals surface area (Å²) in [5.41, 5.74) is 6.92. The van der Waals surface area contributed by atoms with Crippen LogP contribution in [0.15, 0.2) is 35.7 Å². The van der Waals surface area contributed by atoms with Crippen molar-refractivity contribution in [1.82, 2.24) is 4.98 Å². The summed E-state index contributed by atoms with van der Waals surface area (Å²) in [6.07, 6.45) is -1.76. The number of carboxylic acid groups (broad SMARTS) is 1. The lowest BCUT2D eigenvalue weighted by molar-refractivity contribution is -0.192. The van der Waals surface area contributed by atoms with Crippen molar-refractivity contribution in [3.8, 4) is 5.75 Å². The summed E-state index contributed by atoms with van der Waals surface area (Å²) in [5.74, 6) is -2.09. The first-order chi connectivity index (χ1) is 13.1. The van der Waals surface area contributed by atoms with Crippen LogP contribution in [-0.2, 0) is 4.79 Å². The van der Waals surface area contributed by atoms with Gasteiger partial charge in [0, 0.05) is 17.6 Å². The molecule has 1 aromatic carbocycles. The van der Waals surface area contributed by atoms with Gasteiger partial charge < -0.3 is 15.6 Å². The average Bonchev–Trinajstić information content (AvgIpc) is 2.66. The summed E-state index contributed by atoms with van der Waals surface area (Å²) < 4.78 is 37.0.